The lowest BCUT2D eigenvalue weighted by molar-refractivity contribution is -0.00596. The van der Waals surface area contributed by atoms with Gasteiger partial charge in [0, 0.05) is 6.54 Å². The van der Waals surface area contributed by atoms with Gasteiger partial charge in [0.2, 0.25) is 0 Å². The fourth-order valence-corrected chi connectivity index (χ4v) is 2.61. The van der Waals surface area contributed by atoms with Gasteiger partial charge in [-0.3, -0.25) is 0 Å². The van der Waals surface area contributed by atoms with Crippen LogP contribution in [0.1, 0.15) is 20.8 Å². The molecular weight excluding hydrogens is 338 g/mol. The van der Waals surface area contributed by atoms with Gasteiger partial charge in [-0.25, -0.2) is 0 Å². The minimum atomic E-state index is -1.65. The number of likely N-dealkylation sites (N-methyl/N-ethyl adjacent to an activating group) is 1. The predicted molar refractivity (Wildman–Crippen MR) is 105 cm³/mol. The smallest absolute Gasteiger partial charge is 0.192 e. The van der Waals surface area contributed by atoms with E-state index in [4.69, 9.17) is 23.4 Å². The van der Waals surface area contributed by atoms with E-state index in [9.17, 15) is 0 Å². The van der Waals surface area contributed by atoms with Crippen molar-refractivity contribution in [2.45, 2.75) is 38.9 Å². The lowest BCUT2D eigenvalue weighted by atomic mass is 10.2. The molecule has 0 saturated carbocycles. The molecule has 152 valence electrons. The van der Waals surface area contributed by atoms with E-state index >= 15 is 0 Å². The molecular formula is C18H41NO5Si. The van der Waals surface area contributed by atoms with Crippen LogP contribution < -0.4 is 0 Å². The van der Waals surface area contributed by atoms with Crippen molar-refractivity contribution in [1.82, 2.24) is 4.90 Å². The third kappa shape index (κ3) is 14.8. The van der Waals surface area contributed by atoms with Crippen molar-refractivity contribution in [3.05, 3.63) is 0 Å². The Kier molecular flexibility index (Phi) is 14.1. The van der Waals surface area contributed by atoms with Crippen molar-refractivity contribution in [2.24, 2.45) is 0 Å². The first kappa shape index (κ1) is 25.0. The van der Waals surface area contributed by atoms with Crippen LogP contribution in [0.4, 0.5) is 0 Å². The van der Waals surface area contributed by atoms with Gasteiger partial charge in [-0.2, -0.15) is 0 Å². The van der Waals surface area contributed by atoms with E-state index in [2.05, 4.69) is 38.8 Å². The summed E-state index contributed by atoms with van der Waals surface area (Å²) in [5, 5.41) is 0.244. The molecule has 0 rings (SSSR count). The lowest BCUT2D eigenvalue weighted by Crippen LogP contribution is -2.41. The highest BCUT2D eigenvalue weighted by Crippen LogP contribution is 2.36. The fraction of sp³-hybridized carbons (Fsp3) is 1.00. The normalized spacial score (nSPS) is 13.0. The topological polar surface area (TPSA) is 49.4 Å². The number of nitrogens with zero attached hydrogens (tertiary/aromatic N) is 1. The van der Waals surface area contributed by atoms with Crippen LogP contribution in [-0.4, -0.2) is 93.3 Å². The summed E-state index contributed by atoms with van der Waals surface area (Å²) >= 11 is 0. The van der Waals surface area contributed by atoms with Gasteiger partial charge in [0.1, 0.15) is 0 Å². The molecule has 0 aromatic rings. The van der Waals surface area contributed by atoms with Crippen LogP contribution in [0, 0.1) is 0 Å². The number of hydrogen-bond acceptors (Lipinski definition) is 6. The Labute approximate surface area is 156 Å². The van der Waals surface area contributed by atoms with Crippen LogP contribution in [0.15, 0.2) is 0 Å². The molecule has 7 heteroatoms. The van der Waals surface area contributed by atoms with Gasteiger partial charge >= 0.3 is 0 Å². The molecule has 25 heavy (non-hydrogen) atoms. The number of ether oxygens (including phenoxy) is 4. The second-order valence-corrected chi connectivity index (χ2v) is 12.7. The maximum Gasteiger partial charge on any atom is 0.192 e. The average Bonchev–Trinajstić information content (AvgIpc) is 2.49. The molecule has 6 nitrogen and oxygen atoms in total. The summed E-state index contributed by atoms with van der Waals surface area (Å²) in [4.78, 5) is 2.09. The summed E-state index contributed by atoms with van der Waals surface area (Å²) in [6.45, 7) is 17.8. The van der Waals surface area contributed by atoms with E-state index in [1.807, 2.05) is 14.1 Å². The molecule has 0 aliphatic heterocycles. The highest BCUT2D eigenvalue weighted by atomic mass is 28.4. The van der Waals surface area contributed by atoms with Gasteiger partial charge in [0.15, 0.2) is 8.32 Å². The molecule has 0 N–H and O–H groups in total. The second kappa shape index (κ2) is 14.1. The van der Waals surface area contributed by atoms with Crippen LogP contribution in [-0.2, 0) is 23.4 Å². The molecule has 0 saturated heterocycles. The van der Waals surface area contributed by atoms with E-state index in [0.717, 1.165) is 13.2 Å². The van der Waals surface area contributed by atoms with Gasteiger partial charge < -0.3 is 28.3 Å². The summed E-state index contributed by atoms with van der Waals surface area (Å²) in [5.41, 5.74) is 0. The summed E-state index contributed by atoms with van der Waals surface area (Å²) in [6, 6.07) is 0. The molecule has 0 bridgehead atoms. The van der Waals surface area contributed by atoms with E-state index in [1.165, 1.54) is 0 Å². The van der Waals surface area contributed by atoms with Crippen LogP contribution in [0.5, 0.6) is 0 Å². The van der Waals surface area contributed by atoms with E-state index in [-0.39, 0.29) is 5.04 Å². The highest BCUT2D eigenvalue weighted by Gasteiger charge is 2.36. The third-order valence-electron chi connectivity index (χ3n) is 4.30. The third-order valence-corrected chi connectivity index (χ3v) is 8.83. The minimum Gasteiger partial charge on any atom is -0.414 e. The van der Waals surface area contributed by atoms with Crippen LogP contribution >= 0.6 is 0 Å². The van der Waals surface area contributed by atoms with Gasteiger partial charge in [0.05, 0.1) is 59.5 Å². The quantitative estimate of drug-likeness (QED) is 0.303. The van der Waals surface area contributed by atoms with E-state index in [1.54, 1.807) is 0 Å². The summed E-state index contributed by atoms with van der Waals surface area (Å²) in [7, 11) is 2.41. The standard InChI is InChI=1S/C18H41NO5Si/c1-18(2,3)25(6,7)24-17-16-23-15-14-22-13-12-21-11-10-20-9-8-19(4)5/h8-17H2,1-7H3. The Morgan fingerprint density at radius 3 is 1.36 bits per heavy atom. The van der Waals surface area contributed by atoms with Crippen molar-refractivity contribution in [1.29, 1.82) is 0 Å². The van der Waals surface area contributed by atoms with Crippen LogP contribution in [0.25, 0.3) is 0 Å². The van der Waals surface area contributed by atoms with Crippen LogP contribution in [0.3, 0.4) is 0 Å². The number of hydrogen-bond donors (Lipinski definition) is 0. The maximum absolute atomic E-state index is 6.05. The second-order valence-electron chi connectivity index (χ2n) is 7.86. The van der Waals surface area contributed by atoms with Crippen molar-refractivity contribution < 1.29 is 23.4 Å². The van der Waals surface area contributed by atoms with Gasteiger partial charge in [-0.05, 0) is 32.2 Å². The molecule has 0 aromatic carbocycles. The Hall–Kier alpha value is -0.0231. The Morgan fingerprint density at radius 2 is 1.00 bits per heavy atom. The summed E-state index contributed by atoms with van der Waals surface area (Å²) < 4.78 is 27.9. The van der Waals surface area contributed by atoms with Gasteiger partial charge in [0.25, 0.3) is 0 Å². The monoisotopic (exact) mass is 379 g/mol. The van der Waals surface area contributed by atoms with E-state index in [0.29, 0.717) is 52.9 Å². The van der Waals surface area contributed by atoms with Crippen LogP contribution in [0.2, 0.25) is 18.1 Å². The van der Waals surface area contributed by atoms with Gasteiger partial charge in [-0.1, -0.05) is 20.8 Å². The first-order valence-electron chi connectivity index (χ1n) is 9.26. The zero-order chi connectivity index (χ0) is 19.2. The molecule has 0 aromatic heterocycles. The SMILES string of the molecule is CN(C)CCOCCOCCOCCOCCO[Si](C)(C)C(C)(C)C. The minimum absolute atomic E-state index is 0.244. The highest BCUT2D eigenvalue weighted by molar-refractivity contribution is 6.74. The maximum atomic E-state index is 6.05. The van der Waals surface area contributed by atoms with Crippen molar-refractivity contribution >= 4 is 8.32 Å². The average molecular weight is 380 g/mol. The Bertz CT molecular complexity index is 308. The predicted octanol–water partition coefficient (Wildman–Crippen LogP) is 2.64. The zero-order valence-electron chi connectivity index (χ0n) is 17.6. The molecule has 0 amide bonds. The molecule has 0 atom stereocenters. The van der Waals surface area contributed by atoms with E-state index < -0.39 is 8.32 Å². The van der Waals surface area contributed by atoms with Gasteiger partial charge in [-0.15, -0.1) is 0 Å². The molecule has 0 aliphatic carbocycles. The number of rotatable bonds is 16. The van der Waals surface area contributed by atoms with Crippen molar-refractivity contribution in [3.63, 3.8) is 0 Å². The molecule has 0 aliphatic rings. The summed E-state index contributed by atoms with van der Waals surface area (Å²) in [6.07, 6.45) is 0. The molecule has 0 radical (unpaired) electrons. The lowest BCUT2D eigenvalue weighted by Gasteiger charge is -2.36. The first-order chi connectivity index (χ1) is 11.7. The largest absolute Gasteiger partial charge is 0.414 e. The summed E-state index contributed by atoms with van der Waals surface area (Å²) in [5.74, 6) is 0. The molecule has 0 spiro atoms. The Morgan fingerprint density at radius 1 is 0.640 bits per heavy atom. The van der Waals surface area contributed by atoms with Crippen molar-refractivity contribution in [2.75, 3.05) is 80.1 Å². The Balaban J connectivity index is 3.25. The molecule has 0 unspecified atom stereocenters. The zero-order valence-corrected chi connectivity index (χ0v) is 18.6. The first-order valence-corrected chi connectivity index (χ1v) is 12.2. The molecule has 0 heterocycles. The fourth-order valence-electron chi connectivity index (χ4n) is 1.58. The molecule has 0 fully saturated rings. The van der Waals surface area contributed by atoms with Crippen molar-refractivity contribution in [3.8, 4) is 0 Å².